The zero-order valence-corrected chi connectivity index (χ0v) is 25.0. The normalized spacial score (nSPS) is 11.4. The van der Waals surface area contributed by atoms with E-state index in [0.717, 1.165) is 11.6 Å². The second-order valence-electron chi connectivity index (χ2n) is 10.0. The van der Waals surface area contributed by atoms with Crippen LogP contribution in [0, 0.1) is 24.1 Å². The summed E-state index contributed by atoms with van der Waals surface area (Å²) in [5.41, 5.74) is 4.06. The maximum absolute atomic E-state index is 15.1. The zero-order valence-electron chi connectivity index (χ0n) is 23.4. The smallest absolute Gasteiger partial charge is 0.335 e. The van der Waals surface area contributed by atoms with Crippen LogP contribution in [0.25, 0.3) is 44.4 Å². The fourth-order valence-electron chi connectivity index (χ4n) is 5.31. The molecule has 1 N–H and O–H groups in total. The standard InChI is InChI=1S/C34H23FN2O5S2/c1-20-6-12-26(13-7-20)44(40,41)37-32(24-5-3-4-23(16-24)21-8-10-22(11-9-21)34(38)39)31(27-14-15-43-30(27)19-36)28-17-25(35)18-29(42-2)33(28)37/h3-18H,1-2H3,(H,38,39). The van der Waals surface area contributed by atoms with Gasteiger partial charge in [0, 0.05) is 28.1 Å². The number of nitrogens with zero attached hydrogens (tertiary/aromatic N) is 2. The van der Waals surface area contributed by atoms with Crippen molar-refractivity contribution in [1.82, 2.24) is 3.97 Å². The largest absolute Gasteiger partial charge is 0.494 e. The van der Waals surface area contributed by atoms with Crippen LogP contribution in [0.15, 0.2) is 101 Å². The van der Waals surface area contributed by atoms with Crippen molar-refractivity contribution in [2.24, 2.45) is 0 Å². The summed E-state index contributed by atoms with van der Waals surface area (Å²) in [7, 11) is -2.98. The van der Waals surface area contributed by atoms with Gasteiger partial charge in [-0.25, -0.2) is 21.6 Å². The molecule has 2 heterocycles. The van der Waals surface area contributed by atoms with Crippen LogP contribution in [-0.4, -0.2) is 30.6 Å². The Bertz CT molecular complexity index is 2230. The van der Waals surface area contributed by atoms with Gasteiger partial charge >= 0.3 is 5.97 Å². The number of benzene rings is 4. The third kappa shape index (κ3) is 4.82. The minimum atomic E-state index is -4.32. The van der Waals surface area contributed by atoms with Crippen molar-refractivity contribution < 1.29 is 27.4 Å². The molecule has 0 saturated carbocycles. The van der Waals surface area contributed by atoms with Crippen molar-refractivity contribution in [3.8, 4) is 45.3 Å². The minimum Gasteiger partial charge on any atom is -0.494 e. The summed E-state index contributed by atoms with van der Waals surface area (Å²) in [4.78, 5) is 11.8. The number of aromatic nitrogens is 1. The fraction of sp³-hybridized carbons (Fsp3) is 0.0588. The molecular formula is C34H23FN2O5S2. The molecule has 0 bridgehead atoms. The SMILES string of the molecule is COc1cc(F)cc2c(-c3ccsc3C#N)c(-c3cccc(-c4ccc(C(=O)O)cc4)c3)n(S(=O)(=O)c3ccc(C)cc3)c12. The first-order chi connectivity index (χ1) is 21.1. The molecule has 0 saturated heterocycles. The minimum absolute atomic E-state index is 0.0114. The topological polar surface area (TPSA) is 109 Å². The summed E-state index contributed by atoms with van der Waals surface area (Å²) in [5.74, 6) is -1.67. The highest BCUT2D eigenvalue weighted by Gasteiger charge is 2.32. The molecule has 0 spiro atoms. The lowest BCUT2D eigenvalue weighted by atomic mass is 9.96. The number of carbonyl (C=O) groups is 1. The molecule has 0 atom stereocenters. The molecule has 0 amide bonds. The van der Waals surface area contributed by atoms with Crippen LogP contribution < -0.4 is 4.74 Å². The van der Waals surface area contributed by atoms with Crippen LogP contribution >= 0.6 is 11.3 Å². The Morgan fingerprint density at radius 2 is 1.66 bits per heavy atom. The van der Waals surface area contributed by atoms with Crippen LogP contribution in [-0.2, 0) is 10.0 Å². The van der Waals surface area contributed by atoms with Gasteiger partial charge in [0.05, 0.1) is 23.3 Å². The van der Waals surface area contributed by atoms with Crippen LogP contribution in [0.2, 0.25) is 0 Å². The lowest BCUT2D eigenvalue weighted by molar-refractivity contribution is 0.0697. The first-order valence-electron chi connectivity index (χ1n) is 13.3. The van der Waals surface area contributed by atoms with Crippen LogP contribution in [0.5, 0.6) is 5.75 Å². The van der Waals surface area contributed by atoms with Crippen molar-refractivity contribution in [2.45, 2.75) is 11.8 Å². The molecule has 4 aromatic carbocycles. The van der Waals surface area contributed by atoms with E-state index in [2.05, 4.69) is 6.07 Å². The molecular weight excluding hydrogens is 600 g/mol. The Morgan fingerprint density at radius 1 is 0.955 bits per heavy atom. The summed E-state index contributed by atoms with van der Waals surface area (Å²) in [5, 5.41) is 21.3. The van der Waals surface area contributed by atoms with E-state index in [0.29, 0.717) is 32.7 Å². The van der Waals surface area contributed by atoms with Gasteiger partial charge in [0.1, 0.15) is 28.0 Å². The number of ether oxygens (including phenoxy) is 1. The van der Waals surface area contributed by atoms with Gasteiger partial charge in [0.2, 0.25) is 0 Å². The van der Waals surface area contributed by atoms with Crippen molar-refractivity contribution in [1.29, 1.82) is 5.26 Å². The van der Waals surface area contributed by atoms with E-state index in [4.69, 9.17) is 4.74 Å². The Hall–Kier alpha value is -5.24. The molecule has 6 rings (SSSR count). The van der Waals surface area contributed by atoms with Gasteiger partial charge in [-0.15, -0.1) is 11.3 Å². The molecule has 0 aliphatic heterocycles. The first-order valence-corrected chi connectivity index (χ1v) is 15.6. The average molecular weight is 623 g/mol. The summed E-state index contributed by atoms with van der Waals surface area (Å²) in [6.45, 7) is 1.85. The molecule has 0 aliphatic carbocycles. The number of halogens is 1. The number of thiophene rings is 1. The van der Waals surface area contributed by atoms with Gasteiger partial charge < -0.3 is 9.84 Å². The summed E-state index contributed by atoms with van der Waals surface area (Å²) in [6, 6.07) is 26.2. The van der Waals surface area contributed by atoms with Crippen LogP contribution in [0.4, 0.5) is 4.39 Å². The number of hydrogen-bond donors (Lipinski definition) is 1. The molecule has 218 valence electrons. The van der Waals surface area contributed by atoms with Gasteiger partial charge in [-0.1, -0.05) is 48.0 Å². The molecule has 0 radical (unpaired) electrons. The highest BCUT2D eigenvalue weighted by molar-refractivity contribution is 7.90. The Kier molecular flexibility index (Phi) is 7.29. The fourth-order valence-corrected chi connectivity index (χ4v) is 7.55. The number of methoxy groups -OCH3 is 1. The highest BCUT2D eigenvalue weighted by atomic mass is 32.2. The lowest BCUT2D eigenvalue weighted by Gasteiger charge is -2.16. The van der Waals surface area contributed by atoms with E-state index in [1.54, 1.807) is 53.9 Å². The van der Waals surface area contributed by atoms with Gasteiger partial charge in [0.15, 0.2) is 0 Å². The number of nitriles is 1. The number of rotatable bonds is 7. The molecule has 0 unspecified atom stereocenters. The number of fused-ring (bicyclic) bond motifs is 1. The van der Waals surface area contributed by atoms with Crippen molar-refractivity contribution in [3.05, 3.63) is 118 Å². The number of hydrogen-bond acceptors (Lipinski definition) is 6. The van der Waals surface area contributed by atoms with Gasteiger partial charge in [-0.3, -0.25) is 0 Å². The van der Waals surface area contributed by atoms with Crippen LogP contribution in [0.1, 0.15) is 20.8 Å². The zero-order chi connectivity index (χ0) is 31.2. The Balaban J connectivity index is 1.76. The monoisotopic (exact) mass is 622 g/mol. The second kappa shape index (κ2) is 11.1. The van der Waals surface area contributed by atoms with Gasteiger partial charge in [-0.2, -0.15) is 5.26 Å². The quantitative estimate of drug-likeness (QED) is 0.193. The first kappa shape index (κ1) is 28.9. The maximum atomic E-state index is 15.1. The molecule has 7 nitrogen and oxygen atoms in total. The summed E-state index contributed by atoms with van der Waals surface area (Å²) in [6.07, 6.45) is 0. The Morgan fingerprint density at radius 3 is 2.32 bits per heavy atom. The van der Waals surface area contributed by atoms with E-state index in [9.17, 15) is 23.6 Å². The molecule has 2 aromatic heterocycles. The third-order valence-electron chi connectivity index (χ3n) is 7.37. The van der Waals surface area contributed by atoms with E-state index in [1.165, 1.54) is 52.8 Å². The predicted molar refractivity (Wildman–Crippen MR) is 168 cm³/mol. The van der Waals surface area contributed by atoms with Crippen LogP contribution in [0.3, 0.4) is 0 Å². The van der Waals surface area contributed by atoms with Gasteiger partial charge in [0.25, 0.3) is 10.0 Å². The summed E-state index contributed by atoms with van der Waals surface area (Å²) < 4.78 is 51.1. The summed E-state index contributed by atoms with van der Waals surface area (Å²) >= 11 is 1.20. The average Bonchev–Trinajstić information content (AvgIpc) is 3.63. The molecule has 6 aromatic rings. The molecule has 0 aliphatic rings. The third-order valence-corrected chi connectivity index (χ3v) is 9.90. The number of aromatic carboxylic acids is 1. The van der Waals surface area contributed by atoms with E-state index in [1.807, 2.05) is 13.0 Å². The van der Waals surface area contributed by atoms with Crippen molar-refractivity contribution >= 4 is 38.2 Å². The second-order valence-corrected chi connectivity index (χ2v) is 12.8. The maximum Gasteiger partial charge on any atom is 0.335 e. The van der Waals surface area contributed by atoms with Gasteiger partial charge in [-0.05, 0) is 65.9 Å². The highest BCUT2D eigenvalue weighted by Crippen LogP contribution is 2.48. The Labute approximate surface area is 256 Å². The molecule has 44 heavy (non-hydrogen) atoms. The van der Waals surface area contributed by atoms with E-state index < -0.39 is 21.8 Å². The lowest BCUT2D eigenvalue weighted by Crippen LogP contribution is -2.15. The van der Waals surface area contributed by atoms with Crippen molar-refractivity contribution in [2.75, 3.05) is 7.11 Å². The van der Waals surface area contributed by atoms with E-state index in [-0.39, 0.29) is 32.8 Å². The number of aryl methyl sites for hydroxylation is 1. The number of carboxylic acids is 1. The molecule has 10 heteroatoms. The molecule has 0 fully saturated rings. The predicted octanol–water partition coefficient (Wildman–Crippen LogP) is 7.97. The van der Waals surface area contributed by atoms with E-state index >= 15 is 4.39 Å². The van der Waals surface area contributed by atoms with Crippen molar-refractivity contribution in [3.63, 3.8) is 0 Å². The number of carboxylic acid groups (broad SMARTS) is 1.